The van der Waals surface area contributed by atoms with Gasteiger partial charge in [0.05, 0.1) is 0 Å². The summed E-state index contributed by atoms with van der Waals surface area (Å²) in [4.78, 5) is 1.82. The molecule has 1 fully saturated rings. The first-order chi connectivity index (χ1) is 9.38. The van der Waals surface area contributed by atoms with Crippen molar-refractivity contribution in [3.05, 3.63) is 24.0 Å². The minimum absolute atomic E-state index is 0.204. The second-order valence-corrected chi connectivity index (χ2v) is 7.05. The van der Waals surface area contributed by atoms with Gasteiger partial charge < -0.3 is 10.6 Å². The highest BCUT2D eigenvalue weighted by molar-refractivity contribution is 7.89. The van der Waals surface area contributed by atoms with E-state index in [0.29, 0.717) is 6.54 Å². The van der Waals surface area contributed by atoms with E-state index in [-0.39, 0.29) is 16.5 Å². The van der Waals surface area contributed by atoms with Crippen LogP contribution in [0.25, 0.3) is 0 Å². The molecule has 5 nitrogen and oxygen atoms in total. The van der Waals surface area contributed by atoms with E-state index in [1.54, 1.807) is 0 Å². The number of rotatable bonds is 4. The Bertz CT molecular complexity index is 577. The zero-order valence-corrected chi connectivity index (χ0v) is 12.3. The molecule has 0 aromatic heterocycles. The lowest BCUT2D eigenvalue weighted by atomic mass is 9.99. The number of halogens is 1. The molecule has 20 heavy (non-hydrogen) atoms. The summed E-state index contributed by atoms with van der Waals surface area (Å²) in [5.41, 5.74) is 5.62. The average molecular weight is 301 g/mol. The van der Waals surface area contributed by atoms with Crippen LogP contribution in [-0.4, -0.2) is 40.0 Å². The highest BCUT2D eigenvalue weighted by atomic mass is 32.2. The van der Waals surface area contributed by atoms with Gasteiger partial charge in [-0.25, -0.2) is 17.5 Å². The molecule has 3 N–H and O–H groups in total. The van der Waals surface area contributed by atoms with E-state index in [1.807, 2.05) is 7.05 Å². The normalized spacial score (nSPS) is 21.0. The number of anilines is 1. The first-order valence-corrected chi connectivity index (χ1v) is 8.10. The second-order valence-electron chi connectivity index (χ2n) is 5.31. The fraction of sp³-hybridized carbons (Fsp3) is 0.538. The number of hydrogen-bond donors (Lipinski definition) is 2. The molecule has 112 valence electrons. The molecule has 0 saturated carbocycles. The maximum atomic E-state index is 13.7. The first-order valence-electron chi connectivity index (χ1n) is 6.62. The second kappa shape index (κ2) is 6.07. The van der Waals surface area contributed by atoms with Gasteiger partial charge in [0.15, 0.2) is 0 Å². The number of hydrogen-bond acceptors (Lipinski definition) is 4. The molecule has 1 aliphatic rings. The molecular formula is C13H20FN3O2S. The van der Waals surface area contributed by atoms with Crippen LogP contribution in [0.3, 0.4) is 0 Å². The molecule has 0 bridgehead atoms. The Balaban J connectivity index is 2.03. The van der Waals surface area contributed by atoms with Crippen molar-refractivity contribution in [1.82, 2.24) is 9.62 Å². The third kappa shape index (κ3) is 3.68. The highest BCUT2D eigenvalue weighted by Gasteiger charge is 2.22. The van der Waals surface area contributed by atoms with Crippen LogP contribution >= 0.6 is 0 Å². The lowest BCUT2D eigenvalue weighted by Gasteiger charge is -2.29. The monoisotopic (exact) mass is 301 g/mol. The Morgan fingerprint density at radius 2 is 2.25 bits per heavy atom. The number of nitrogens with one attached hydrogen (secondary N) is 1. The van der Waals surface area contributed by atoms with E-state index >= 15 is 0 Å². The third-order valence-corrected chi connectivity index (χ3v) is 4.99. The highest BCUT2D eigenvalue weighted by Crippen LogP contribution is 2.18. The maximum absolute atomic E-state index is 13.7. The number of benzene rings is 1. The van der Waals surface area contributed by atoms with Crippen molar-refractivity contribution in [2.45, 2.75) is 17.7 Å². The van der Waals surface area contributed by atoms with Gasteiger partial charge in [-0.05, 0) is 50.6 Å². The van der Waals surface area contributed by atoms with E-state index in [9.17, 15) is 12.8 Å². The first kappa shape index (κ1) is 15.2. The number of likely N-dealkylation sites (tertiary alicyclic amines) is 1. The van der Waals surface area contributed by atoms with Gasteiger partial charge in [-0.3, -0.25) is 0 Å². The van der Waals surface area contributed by atoms with Gasteiger partial charge in [-0.1, -0.05) is 0 Å². The van der Waals surface area contributed by atoms with Crippen molar-refractivity contribution in [3.63, 3.8) is 0 Å². The Morgan fingerprint density at radius 1 is 1.50 bits per heavy atom. The minimum Gasteiger partial charge on any atom is -0.399 e. The molecule has 1 aliphatic heterocycles. The van der Waals surface area contributed by atoms with Gasteiger partial charge in [0.2, 0.25) is 10.0 Å². The Labute approximate surface area is 119 Å². The molecule has 0 spiro atoms. The van der Waals surface area contributed by atoms with Crippen LogP contribution < -0.4 is 10.5 Å². The predicted octanol–water partition coefficient (Wildman–Crippen LogP) is 1.03. The van der Waals surface area contributed by atoms with E-state index in [2.05, 4.69) is 9.62 Å². The van der Waals surface area contributed by atoms with E-state index in [0.717, 1.165) is 32.0 Å². The summed E-state index contributed by atoms with van der Waals surface area (Å²) in [6.07, 6.45) is 2.04. The molecule has 0 aliphatic carbocycles. The molecule has 2 rings (SSSR count). The molecule has 1 saturated heterocycles. The van der Waals surface area contributed by atoms with Crippen LogP contribution in [0.2, 0.25) is 0 Å². The molecule has 1 atom stereocenters. The molecule has 1 aromatic rings. The topological polar surface area (TPSA) is 75.4 Å². The maximum Gasteiger partial charge on any atom is 0.243 e. The van der Waals surface area contributed by atoms with E-state index in [1.165, 1.54) is 12.1 Å². The number of piperidine rings is 1. The van der Waals surface area contributed by atoms with Crippen molar-refractivity contribution < 1.29 is 12.8 Å². The van der Waals surface area contributed by atoms with Crippen molar-refractivity contribution >= 4 is 15.7 Å². The van der Waals surface area contributed by atoms with Gasteiger partial charge >= 0.3 is 0 Å². The minimum atomic E-state index is -3.82. The average Bonchev–Trinajstić information content (AvgIpc) is 2.36. The Hall–Kier alpha value is -1.18. The zero-order valence-electron chi connectivity index (χ0n) is 11.5. The van der Waals surface area contributed by atoms with Gasteiger partial charge in [0, 0.05) is 18.8 Å². The summed E-state index contributed by atoms with van der Waals surface area (Å²) in [7, 11) is -1.81. The van der Waals surface area contributed by atoms with E-state index < -0.39 is 15.8 Å². The lowest BCUT2D eigenvalue weighted by molar-refractivity contribution is 0.211. The molecule has 7 heteroatoms. The van der Waals surface area contributed by atoms with Gasteiger partial charge in [-0.15, -0.1) is 0 Å². The number of nitrogens with zero attached hydrogens (tertiary/aromatic N) is 1. The fourth-order valence-electron chi connectivity index (χ4n) is 2.48. The van der Waals surface area contributed by atoms with Gasteiger partial charge in [-0.2, -0.15) is 0 Å². The summed E-state index contributed by atoms with van der Waals surface area (Å²) in [5.74, 6) is -0.557. The summed E-state index contributed by atoms with van der Waals surface area (Å²) >= 11 is 0. The number of sulfonamides is 1. The molecule has 1 aromatic carbocycles. The molecular weight excluding hydrogens is 281 g/mol. The summed E-state index contributed by atoms with van der Waals surface area (Å²) in [5, 5.41) is 0. The van der Waals surface area contributed by atoms with Crippen molar-refractivity contribution in [2.24, 2.45) is 5.92 Å². The Morgan fingerprint density at radius 3 is 2.90 bits per heavy atom. The fourth-order valence-corrected chi connectivity index (χ4v) is 3.65. The van der Waals surface area contributed by atoms with Gasteiger partial charge in [0.25, 0.3) is 0 Å². The molecule has 1 unspecified atom stereocenters. The van der Waals surface area contributed by atoms with Crippen molar-refractivity contribution in [3.8, 4) is 0 Å². The summed E-state index contributed by atoms with van der Waals surface area (Å²) in [6.45, 7) is 2.22. The largest absolute Gasteiger partial charge is 0.399 e. The molecule has 1 heterocycles. The van der Waals surface area contributed by atoms with Crippen molar-refractivity contribution in [2.75, 3.05) is 32.4 Å². The zero-order chi connectivity index (χ0) is 14.8. The van der Waals surface area contributed by atoms with Crippen LogP contribution in [0, 0.1) is 11.7 Å². The predicted molar refractivity (Wildman–Crippen MR) is 76.2 cm³/mol. The standard InChI is InChI=1S/C13H20FN3O2S/c1-17-6-2-3-10(9-17)8-16-20(18,19)13-5-4-11(15)7-12(13)14/h4-5,7,10,16H,2-3,6,8-9,15H2,1H3. The van der Waals surface area contributed by atoms with Crippen LogP contribution in [-0.2, 0) is 10.0 Å². The number of nitrogens with two attached hydrogens (primary N) is 1. The SMILES string of the molecule is CN1CCCC(CNS(=O)(=O)c2ccc(N)cc2F)C1. The third-order valence-electron chi connectivity index (χ3n) is 3.53. The van der Waals surface area contributed by atoms with E-state index in [4.69, 9.17) is 5.73 Å². The van der Waals surface area contributed by atoms with Gasteiger partial charge in [0.1, 0.15) is 10.7 Å². The lowest BCUT2D eigenvalue weighted by Crippen LogP contribution is -2.39. The van der Waals surface area contributed by atoms with Crippen LogP contribution in [0.1, 0.15) is 12.8 Å². The molecule has 0 amide bonds. The quantitative estimate of drug-likeness (QED) is 0.815. The molecule has 0 radical (unpaired) electrons. The summed E-state index contributed by atoms with van der Waals surface area (Å²) < 4.78 is 40.3. The smallest absolute Gasteiger partial charge is 0.243 e. The summed E-state index contributed by atoms with van der Waals surface area (Å²) in [6, 6.07) is 3.59. The Kier molecular flexibility index (Phi) is 4.62. The number of nitrogen functional groups attached to an aromatic ring is 1. The van der Waals surface area contributed by atoms with Crippen LogP contribution in [0.5, 0.6) is 0 Å². The van der Waals surface area contributed by atoms with Crippen molar-refractivity contribution in [1.29, 1.82) is 0 Å². The van der Waals surface area contributed by atoms with Crippen LogP contribution in [0.4, 0.5) is 10.1 Å². The van der Waals surface area contributed by atoms with Crippen LogP contribution in [0.15, 0.2) is 23.1 Å².